The van der Waals surface area contributed by atoms with Crippen LogP contribution in [0.25, 0.3) is 0 Å². The molecule has 6 nitrogen and oxygen atoms in total. The number of nitrogens with zero attached hydrogens (tertiary/aromatic N) is 3. The molecule has 88 valence electrons. The second-order valence-corrected chi connectivity index (χ2v) is 3.86. The summed E-state index contributed by atoms with van der Waals surface area (Å²) in [7, 11) is 1.80. The minimum absolute atomic E-state index is 0.0590. The predicted molar refractivity (Wildman–Crippen MR) is 57.5 cm³/mol. The van der Waals surface area contributed by atoms with Crippen LogP contribution in [-0.2, 0) is 16.6 Å². The molecule has 16 heavy (non-hydrogen) atoms. The molecule has 0 saturated carbocycles. The molecule has 0 spiro atoms. The first-order valence-electron chi connectivity index (χ1n) is 5.29. The zero-order valence-electron chi connectivity index (χ0n) is 9.30. The van der Waals surface area contributed by atoms with Crippen molar-refractivity contribution < 1.29 is 9.53 Å². The second-order valence-electron chi connectivity index (χ2n) is 3.86. The lowest BCUT2D eigenvalue weighted by atomic mass is 10.1. The maximum Gasteiger partial charge on any atom is 0.244 e. The number of aromatic nitrogens is 2. The number of aryl methyl sites for hydroxylation is 1. The van der Waals surface area contributed by atoms with E-state index in [0.717, 1.165) is 5.56 Å². The third-order valence-electron chi connectivity index (χ3n) is 2.67. The molecule has 1 aliphatic rings. The Balaban J connectivity index is 2.03. The Morgan fingerprint density at radius 2 is 2.25 bits per heavy atom. The molecular weight excluding hydrogens is 208 g/mol. The molecule has 2 rings (SSSR count). The molecule has 2 heterocycles. The summed E-state index contributed by atoms with van der Waals surface area (Å²) in [5, 5.41) is 4.01. The lowest BCUT2D eigenvalue weighted by molar-refractivity contribution is -0.136. The van der Waals surface area contributed by atoms with Gasteiger partial charge in [-0.25, -0.2) is 0 Å². The van der Waals surface area contributed by atoms with Gasteiger partial charge in [0.1, 0.15) is 6.04 Å². The van der Waals surface area contributed by atoms with E-state index in [1.54, 1.807) is 29.0 Å². The average Bonchev–Trinajstić information content (AvgIpc) is 2.75. The molecule has 1 amide bonds. The third-order valence-corrected chi connectivity index (χ3v) is 2.67. The second kappa shape index (κ2) is 4.63. The number of ether oxygens (including phenoxy) is 1. The Morgan fingerprint density at radius 1 is 1.56 bits per heavy atom. The Bertz CT molecular complexity index is 371. The number of amides is 1. The minimum atomic E-state index is -0.619. The first-order chi connectivity index (χ1) is 7.68. The summed E-state index contributed by atoms with van der Waals surface area (Å²) < 4.78 is 6.83. The molecule has 0 aliphatic carbocycles. The largest absolute Gasteiger partial charge is 0.378 e. The first kappa shape index (κ1) is 11.1. The standard InChI is InChI=1S/C10H16N4O2/c1-13-7-8(6-12-13)9(11)10(15)14-2-4-16-5-3-14/h6-7,9H,2-5,11H2,1H3. The fourth-order valence-electron chi connectivity index (χ4n) is 1.72. The molecule has 1 unspecified atom stereocenters. The summed E-state index contributed by atoms with van der Waals surface area (Å²) in [6, 6.07) is -0.619. The highest BCUT2D eigenvalue weighted by Crippen LogP contribution is 2.13. The van der Waals surface area contributed by atoms with Crippen LogP contribution >= 0.6 is 0 Å². The van der Waals surface area contributed by atoms with Crippen LogP contribution in [-0.4, -0.2) is 46.9 Å². The van der Waals surface area contributed by atoms with Gasteiger partial charge in [0.15, 0.2) is 0 Å². The normalized spacial score (nSPS) is 18.5. The van der Waals surface area contributed by atoms with Crippen molar-refractivity contribution in [3.63, 3.8) is 0 Å². The van der Waals surface area contributed by atoms with Gasteiger partial charge >= 0.3 is 0 Å². The molecule has 0 bridgehead atoms. The van der Waals surface area contributed by atoms with Crippen LogP contribution in [0.5, 0.6) is 0 Å². The maximum absolute atomic E-state index is 12.0. The van der Waals surface area contributed by atoms with Crippen LogP contribution in [0.4, 0.5) is 0 Å². The van der Waals surface area contributed by atoms with Gasteiger partial charge < -0.3 is 15.4 Å². The summed E-state index contributed by atoms with van der Waals surface area (Å²) in [6.45, 7) is 2.41. The summed E-state index contributed by atoms with van der Waals surface area (Å²) in [4.78, 5) is 13.8. The monoisotopic (exact) mass is 224 g/mol. The van der Waals surface area contributed by atoms with Gasteiger partial charge in [-0.05, 0) is 0 Å². The summed E-state index contributed by atoms with van der Waals surface area (Å²) in [5.41, 5.74) is 6.65. The number of nitrogens with two attached hydrogens (primary N) is 1. The molecule has 6 heteroatoms. The van der Waals surface area contributed by atoms with E-state index in [9.17, 15) is 4.79 Å². The Hall–Kier alpha value is -1.40. The number of carbonyl (C=O) groups is 1. The molecule has 1 aromatic rings. The molecule has 1 aromatic heterocycles. The van der Waals surface area contributed by atoms with Crippen molar-refractivity contribution in [2.75, 3.05) is 26.3 Å². The lowest BCUT2D eigenvalue weighted by Gasteiger charge is -2.28. The predicted octanol–water partition coefficient (Wildman–Crippen LogP) is -0.721. The van der Waals surface area contributed by atoms with Crippen molar-refractivity contribution in [1.82, 2.24) is 14.7 Å². The van der Waals surface area contributed by atoms with Crippen molar-refractivity contribution in [1.29, 1.82) is 0 Å². The first-order valence-corrected chi connectivity index (χ1v) is 5.29. The number of hydrogen-bond donors (Lipinski definition) is 1. The highest BCUT2D eigenvalue weighted by atomic mass is 16.5. The quantitative estimate of drug-likeness (QED) is 0.719. The van der Waals surface area contributed by atoms with E-state index in [-0.39, 0.29) is 5.91 Å². The van der Waals surface area contributed by atoms with Crippen molar-refractivity contribution in [2.45, 2.75) is 6.04 Å². The molecule has 1 aliphatic heterocycles. The molecular formula is C10H16N4O2. The fourth-order valence-corrected chi connectivity index (χ4v) is 1.72. The van der Waals surface area contributed by atoms with Gasteiger partial charge in [-0.3, -0.25) is 9.48 Å². The average molecular weight is 224 g/mol. The fraction of sp³-hybridized carbons (Fsp3) is 0.600. The molecule has 1 atom stereocenters. The van der Waals surface area contributed by atoms with E-state index in [4.69, 9.17) is 10.5 Å². The summed E-state index contributed by atoms with van der Waals surface area (Å²) in [5.74, 6) is -0.0590. The highest BCUT2D eigenvalue weighted by molar-refractivity contribution is 5.83. The molecule has 2 N–H and O–H groups in total. The number of rotatable bonds is 2. The summed E-state index contributed by atoms with van der Waals surface area (Å²) in [6.07, 6.45) is 3.39. The topological polar surface area (TPSA) is 73.4 Å². The van der Waals surface area contributed by atoms with Gasteiger partial charge in [0.05, 0.1) is 19.4 Å². The Kier molecular flexibility index (Phi) is 3.21. The van der Waals surface area contributed by atoms with Crippen molar-refractivity contribution >= 4 is 5.91 Å². The van der Waals surface area contributed by atoms with Crippen LogP contribution in [0.15, 0.2) is 12.4 Å². The summed E-state index contributed by atoms with van der Waals surface area (Å²) >= 11 is 0. The highest BCUT2D eigenvalue weighted by Gasteiger charge is 2.24. The van der Waals surface area contributed by atoms with Gasteiger partial charge in [-0.1, -0.05) is 0 Å². The zero-order chi connectivity index (χ0) is 11.5. The van der Waals surface area contributed by atoms with Gasteiger partial charge in [-0.15, -0.1) is 0 Å². The van der Waals surface area contributed by atoms with Gasteiger partial charge in [0.25, 0.3) is 0 Å². The van der Waals surface area contributed by atoms with Gasteiger partial charge in [0, 0.05) is 31.9 Å². The van der Waals surface area contributed by atoms with Crippen LogP contribution in [0.2, 0.25) is 0 Å². The molecule has 0 radical (unpaired) electrons. The van der Waals surface area contributed by atoms with Gasteiger partial charge in [-0.2, -0.15) is 5.10 Å². The number of carbonyl (C=O) groups excluding carboxylic acids is 1. The van der Waals surface area contributed by atoms with Crippen LogP contribution in [0.3, 0.4) is 0 Å². The third kappa shape index (κ3) is 2.23. The van der Waals surface area contributed by atoms with E-state index in [2.05, 4.69) is 5.10 Å². The Labute approximate surface area is 94.0 Å². The number of hydrogen-bond acceptors (Lipinski definition) is 4. The van der Waals surface area contributed by atoms with Crippen LogP contribution < -0.4 is 5.73 Å². The van der Waals surface area contributed by atoms with Crippen LogP contribution in [0.1, 0.15) is 11.6 Å². The maximum atomic E-state index is 12.0. The Morgan fingerprint density at radius 3 is 2.81 bits per heavy atom. The number of morpholine rings is 1. The SMILES string of the molecule is Cn1cc(C(N)C(=O)N2CCOCC2)cn1. The van der Waals surface area contributed by atoms with E-state index < -0.39 is 6.04 Å². The molecule has 1 saturated heterocycles. The van der Waals surface area contributed by atoms with Crippen molar-refractivity contribution in [3.05, 3.63) is 18.0 Å². The lowest BCUT2D eigenvalue weighted by Crippen LogP contribution is -2.45. The smallest absolute Gasteiger partial charge is 0.244 e. The van der Waals surface area contributed by atoms with Crippen molar-refractivity contribution in [2.24, 2.45) is 12.8 Å². The van der Waals surface area contributed by atoms with Crippen LogP contribution in [0, 0.1) is 0 Å². The minimum Gasteiger partial charge on any atom is -0.378 e. The van der Waals surface area contributed by atoms with E-state index in [0.29, 0.717) is 26.3 Å². The van der Waals surface area contributed by atoms with E-state index >= 15 is 0 Å². The molecule has 0 aromatic carbocycles. The zero-order valence-corrected chi connectivity index (χ0v) is 9.30. The van der Waals surface area contributed by atoms with Gasteiger partial charge in [0.2, 0.25) is 5.91 Å². The van der Waals surface area contributed by atoms with Crippen molar-refractivity contribution in [3.8, 4) is 0 Å². The molecule has 1 fully saturated rings. The van der Waals surface area contributed by atoms with E-state index in [1.807, 2.05) is 0 Å². The van der Waals surface area contributed by atoms with E-state index in [1.165, 1.54) is 0 Å².